The van der Waals surface area contributed by atoms with Crippen LogP contribution in [-0.4, -0.2) is 21.9 Å². The molecule has 2 aromatic carbocycles. The smallest absolute Gasteiger partial charge is 0.324 e. The van der Waals surface area contributed by atoms with Gasteiger partial charge in [0.05, 0.1) is 15.6 Å². The highest BCUT2D eigenvalue weighted by Crippen LogP contribution is 2.35. The van der Waals surface area contributed by atoms with E-state index in [2.05, 4.69) is 15.3 Å². The standard InChI is InChI=1S/C18H15Cl2N5O2/c1-11-16(25(26)27)17(24(2)13-6-4-3-5-7-13)23-18(21-11)22-15-10-12(19)8-9-14(15)20/h3-10H,1-2H3,(H,21,22,23). The molecule has 1 N–H and O–H groups in total. The van der Waals surface area contributed by atoms with Gasteiger partial charge in [0.25, 0.3) is 0 Å². The van der Waals surface area contributed by atoms with E-state index < -0.39 is 4.92 Å². The minimum Gasteiger partial charge on any atom is -0.324 e. The second-order valence-corrected chi connectivity index (χ2v) is 6.55. The second kappa shape index (κ2) is 7.77. The van der Waals surface area contributed by atoms with Gasteiger partial charge in [0.2, 0.25) is 11.8 Å². The van der Waals surface area contributed by atoms with Crippen molar-refractivity contribution >= 4 is 52.0 Å². The maximum atomic E-state index is 11.6. The molecule has 7 nitrogen and oxygen atoms in total. The van der Waals surface area contributed by atoms with E-state index in [9.17, 15) is 10.1 Å². The molecule has 1 aromatic heterocycles. The van der Waals surface area contributed by atoms with E-state index >= 15 is 0 Å². The Morgan fingerprint density at radius 1 is 1.11 bits per heavy atom. The Labute approximate surface area is 165 Å². The molecule has 0 bridgehead atoms. The number of hydrogen-bond donors (Lipinski definition) is 1. The Morgan fingerprint density at radius 2 is 1.81 bits per heavy atom. The summed E-state index contributed by atoms with van der Waals surface area (Å²) in [6.07, 6.45) is 0. The zero-order valence-electron chi connectivity index (χ0n) is 14.5. The molecule has 138 valence electrons. The molecule has 9 heteroatoms. The topological polar surface area (TPSA) is 84.2 Å². The summed E-state index contributed by atoms with van der Waals surface area (Å²) in [4.78, 5) is 21.3. The number of anilines is 4. The maximum Gasteiger partial charge on any atom is 0.333 e. The molecule has 0 fully saturated rings. The first-order valence-corrected chi connectivity index (χ1v) is 8.66. The highest BCUT2D eigenvalue weighted by molar-refractivity contribution is 6.35. The van der Waals surface area contributed by atoms with Crippen molar-refractivity contribution in [2.24, 2.45) is 0 Å². The lowest BCUT2D eigenvalue weighted by Gasteiger charge is -2.19. The van der Waals surface area contributed by atoms with Crippen LogP contribution >= 0.6 is 23.2 Å². The molecule has 3 aromatic rings. The van der Waals surface area contributed by atoms with Crippen molar-refractivity contribution < 1.29 is 4.92 Å². The number of nitrogens with zero attached hydrogens (tertiary/aromatic N) is 4. The fourth-order valence-corrected chi connectivity index (χ4v) is 2.88. The van der Waals surface area contributed by atoms with E-state index in [0.717, 1.165) is 5.69 Å². The molecule has 0 amide bonds. The molecule has 0 unspecified atom stereocenters. The summed E-state index contributed by atoms with van der Waals surface area (Å²) in [7, 11) is 1.71. The van der Waals surface area contributed by atoms with Crippen molar-refractivity contribution in [1.82, 2.24) is 9.97 Å². The lowest BCUT2D eigenvalue weighted by atomic mass is 10.2. The van der Waals surface area contributed by atoms with Crippen LogP contribution in [0.1, 0.15) is 5.69 Å². The molecule has 0 spiro atoms. The first-order chi connectivity index (χ1) is 12.9. The Bertz CT molecular complexity index is 999. The van der Waals surface area contributed by atoms with Gasteiger partial charge in [-0.15, -0.1) is 0 Å². The van der Waals surface area contributed by atoms with Crippen molar-refractivity contribution in [3.05, 3.63) is 74.4 Å². The fourth-order valence-electron chi connectivity index (χ4n) is 2.54. The van der Waals surface area contributed by atoms with Gasteiger partial charge in [-0.3, -0.25) is 10.1 Å². The van der Waals surface area contributed by atoms with Crippen molar-refractivity contribution in [3.63, 3.8) is 0 Å². The molecule has 3 rings (SSSR count). The Balaban J connectivity index is 2.08. The minimum atomic E-state index is -0.486. The Kier molecular flexibility index (Phi) is 5.43. The van der Waals surface area contributed by atoms with Crippen molar-refractivity contribution in [1.29, 1.82) is 0 Å². The number of benzene rings is 2. The average molecular weight is 404 g/mol. The zero-order valence-corrected chi connectivity index (χ0v) is 16.0. The van der Waals surface area contributed by atoms with E-state index in [-0.39, 0.29) is 23.1 Å². The maximum absolute atomic E-state index is 11.6. The van der Waals surface area contributed by atoms with Gasteiger partial charge in [0.1, 0.15) is 5.69 Å². The predicted molar refractivity (Wildman–Crippen MR) is 108 cm³/mol. The molecular weight excluding hydrogens is 389 g/mol. The van der Waals surface area contributed by atoms with Crippen LogP contribution in [0.5, 0.6) is 0 Å². The van der Waals surface area contributed by atoms with Gasteiger partial charge in [0.15, 0.2) is 0 Å². The Hall–Kier alpha value is -2.90. The molecule has 0 saturated carbocycles. The molecule has 0 atom stereocenters. The quantitative estimate of drug-likeness (QED) is 0.446. The predicted octanol–water partition coefficient (Wildman–Crippen LogP) is 5.51. The van der Waals surface area contributed by atoms with Crippen LogP contribution < -0.4 is 10.2 Å². The second-order valence-electron chi connectivity index (χ2n) is 5.71. The third kappa shape index (κ3) is 4.10. The van der Waals surface area contributed by atoms with E-state index in [1.807, 2.05) is 30.3 Å². The molecule has 0 radical (unpaired) electrons. The highest BCUT2D eigenvalue weighted by Gasteiger charge is 2.26. The van der Waals surface area contributed by atoms with Crippen LogP contribution in [0.2, 0.25) is 10.0 Å². The van der Waals surface area contributed by atoms with Crippen LogP contribution in [0.3, 0.4) is 0 Å². The SMILES string of the molecule is Cc1nc(Nc2cc(Cl)ccc2Cl)nc(N(C)c2ccccc2)c1[N+](=O)[O-]. The summed E-state index contributed by atoms with van der Waals surface area (Å²) in [5, 5.41) is 15.5. The van der Waals surface area contributed by atoms with Crippen LogP contribution in [0, 0.1) is 17.0 Å². The first kappa shape index (κ1) is 18.9. The van der Waals surface area contributed by atoms with E-state index in [4.69, 9.17) is 23.2 Å². The van der Waals surface area contributed by atoms with Crippen molar-refractivity contribution in [2.45, 2.75) is 6.92 Å². The third-order valence-electron chi connectivity index (χ3n) is 3.86. The van der Waals surface area contributed by atoms with Gasteiger partial charge in [-0.1, -0.05) is 41.4 Å². The summed E-state index contributed by atoms with van der Waals surface area (Å²) in [5.41, 5.74) is 1.33. The van der Waals surface area contributed by atoms with Crippen molar-refractivity contribution in [2.75, 3.05) is 17.3 Å². The van der Waals surface area contributed by atoms with Gasteiger partial charge in [-0.25, -0.2) is 4.98 Å². The summed E-state index contributed by atoms with van der Waals surface area (Å²) in [6.45, 7) is 1.56. The molecule has 0 saturated heterocycles. The number of aryl methyl sites for hydroxylation is 1. The van der Waals surface area contributed by atoms with Gasteiger partial charge in [0, 0.05) is 17.8 Å². The van der Waals surface area contributed by atoms with Crippen LogP contribution in [-0.2, 0) is 0 Å². The number of para-hydroxylation sites is 1. The number of rotatable bonds is 5. The van der Waals surface area contributed by atoms with E-state index in [0.29, 0.717) is 15.7 Å². The summed E-state index contributed by atoms with van der Waals surface area (Å²) in [6, 6.07) is 14.2. The van der Waals surface area contributed by atoms with Gasteiger partial charge < -0.3 is 10.2 Å². The van der Waals surface area contributed by atoms with E-state index in [1.54, 1.807) is 37.1 Å². The lowest BCUT2D eigenvalue weighted by Crippen LogP contribution is -2.16. The van der Waals surface area contributed by atoms with Gasteiger partial charge in [-0.2, -0.15) is 4.98 Å². The van der Waals surface area contributed by atoms with E-state index in [1.165, 1.54) is 0 Å². The number of halogens is 2. The molecule has 27 heavy (non-hydrogen) atoms. The number of nitro groups is 1. The molecule has 0 aliphatic rings. The summed E-state index contributed by atoms with van der Waals surface area (Å²) in [5.74, 6) is 0.347. The normalized spacial score (nSPS) is 10.5. The molecule has 0 aliphatic heterocycles. The Morgan fingerprint density at radius 3 is 2.48 bits per heavy atom. The largest absolute Gasteiger partial charge is 0.333 e. The van der Waals surface area contributed by atoms with Gasteiger partial charge in [-0.05, 0) is 37.3 Å². The zero-order chi connectivity index (χ0) is 19.6. The highest BCUT2D eigenvalue weighted by atomic mass is 35.5. The molecule has 1 heterocycles. The third-order valence-corrected chi connectivity index (χ3v) is 4.42. The van der Waals surface area contributed by atoms with Crippen LogP contribution in [0.15, 0.2) is 48.5 Å². The fraction of sp³-hybridized carbons (Fsp3) is 0.111. The monoisotopic (exact) mass is 403 g/mol. The minimum absolute atomic E-state index is 0.163. The first-order valence-electron chi connectivity index (χ1n) is 7.90. The molecule has 0 aliphatic carbocycles. The average Bonchev–Trinajstić information content (AvgIpc) is 2.64. The van der Waals surface area contributed by atoms with Crippen LogP contribution in [0.4, 0.5) is 28.8 Å². The lowest BCUT2D eigenvalue weighted by molar-refractivity contribution is -0.385. The number of aromatic nitrogens is 2. The number of nitrogens with one attached hydrogen (secondary N) is 1. The van der Waals surface area contributed by atoms with Crippen molar-refractivity contribution in [3.8, 4) is 0 Å². The van der Waals surface area contributed by atoms with Crippen LogP contribution in [0.25, 0.3) is 0 Å². The summed E-state index contributed by atoms with van der Waals surface area (Å²) >= 11 is 12.2. The number of hydrogen-bond acceptors (Lipinski definition) is 6. The molecular formula is C18H15Cl2N5O2. The summed E-state index contributed by atoms with van der Waals surface area (Å²) < 4.78 is 0. The van der Waals surface area contributed by atoms with Gasteiger partial charge >= 0.3 is 5.69 Å².